The monoisotopic (exact) mass is 366 g/mol. The van der Waals surface area contributed by atoms with Crippen molar-refractivity contribution < 1.29 is 4.74 Å². The highest BCUT2D eigenvalue weighted by Crippen LogP contribution is 2.27. The second kappa shape index (κ2) is 8.33. The molecule has 0 N–H and O–H groups in total. The third-order valence-corrected chi connectivity index (χ3v) is 3.90. The van der Waals surface area contributed by atoms with Gasteiger partial charge in [-0.05, 0) is 18.4 Å². The molecule has 2 unspecified atom stereocenters. The molecule has 0 radical (unpaired) electrons. The van der Waals surface area contributed by atoms with E-state index in [-0.39, 0.29) is 6.10 Å². The smallest absolute Gasteiger partial charge is 0.0928 e. The van der Waals surface area contributed by atoms with E-state index in [0.29, 0.717) is 5.92 Å². The minimum atomic E-state index is 0.114. The van der Waals surface area contributed by atoms with Gasteiger partial charge in [0.05, 0.1) is 6.10 Å². The molecule has 0 fully saturated rings. The van der Waals surface area contributed by atoms with Crippen molar-refractivity contribution in [3.8, 4) is 0 Å². The predicted octanol–water partition coefficient (Wildman–Crippen LogP) is 5.27. The van der Waals surface area contributed by atoms with Crippen LogP contribution < -0.4 is 0 Å². The number of benzene rings is 1. The number of halogens is 2. The van der Waals surface area contributed by atoms with Crippen LogP contribution in [-0.2, 0) is 4.74 Å². The fourth-order valence-electron chi connectivity index (χ4n) is 1.81. The topological polar surface area (TPSA) is 9.23 Å². The van der Waals surface area contributed by atoms with Crippen LogP contribution in [0.15, 0.2) is 24.3 Å². The van der Waals surface area contributed by atoms with Crippen LogP contribution >= 0.6 is 34.2 Å². The first-order valence-corrected chi connectivity index (χ1v) is 8.01. The Hall–Kier alpha value is 0.200. The fraction of sp³-hybridized carbons (Fsp3) is 0.571. The van der Waals surface area contributed by atoms with Crippen LogP contribution in [0.2, 0.25) is 5.02 Å². The molecule has 1 rings (SSSR count). The summed E-state index contributed by atoms with van der Waals surface area (Å²) in [7, 11) is 0. The minimum Gasteiger partial charge on any atom is -0.372 e. The lowest BCUT2D eigenvalue weighted by Crippen LogP contribution is -2.12. The van der Waals surface area contributed by atoms with Gasteiger partial charge in [0, 0.05) is 21.6 Å². The van der Waals surface area contributed by atoms with E-state index in [1.165, 1.54) is 12.8 Å². The lowest BCUT2D eigenvalue weighted by Gasteiger charge is -2.19. The lowest BCUT2D eigenvalue weighted by molar-refractivity contribution is 0.0459. The summed E-state index contributed by atoms with van der Waals surface area (Å²) in [6.45, 7) is 5.26. The van der Waals surface area contributed by atoms with Crippen molar-refractivity contribution in [2.24, 2.45) is 5.92 Å². The highest BCUT2D eigenvalue weighted by Gasteiger charge is 2.14. The maximum atomic E-state index is 6.19. The fourth-order valence-corrected chi connectivity index (χ4v) is 2.80. The van der Waals surface area contributed by atoms with Gasteiger partial charge in [0.2, 0.25) is 0 Å². The molecule has 3 heteroatoms. The third-order valence-electron chi connectivity index (χ3n) is 2.76. The van der Waals surface area contributed by atoms with Crippen molar-refractivity contribution in [2.75, 3.05) is 11.0 Å². The summed E-state index contributed by atoms with van der Waals surface area (Å²) in [5.41, 5.74) is 1.10. The van der Waals surface area contributed by atoms with Gasteiger partial charge < -0.3 is 4.74 Å². The molecule has 0 bridgehead atoms. The van der Waals surface area contributed by atoms with Gasteiger partial charge in [-0.15, -0.1) is 0 Å². The molecule has 1 aromatic carbocycles. The lowest BCUT2D eigenvalue weighted by atomic mass is 10.1. The minimum absolute atomic E-state index is 0.114. The van der Waals surface area contributed by atoms with Crippen molar-refractivity contribution in [3.63, 3.8) is 0 Å². The zero-order valence-corrected chi connectivity index (χ0v) is 13.4. The molecule has 0 heterocycles. The van der Waals surface area contributed by atoms with Crippen molar-refractivity contribution in [3.05, 3.63) is 34.9 Å². The molecular formula is C14H20ClIO. The van der Waals surface area contributed by atoms with Crippen molar-refractivity contribution >= 4 is 34.2 Å². The molecule has 0 aliphatic rings. The van der Waals surface area contributed by atoms with Crippen molar-refractivity contribution in [1.82, 2.24) is 0 Å². The maximum absolute atomic E-state index is 6.19. The molecule has 1 nitrogen and oxygen atoms in total. The van der Waals surface area contributed by atoms with Crippen LogP contribution in [-0.4, -0.2) is 11.0 Å². The van der Waals surface area contributed by atoms with E-state index in [1.807, 2.05) is 18.2 Å². The molecule has 0 saturated carbocycles. The van der Waals surface area contributed by atoms with Gasteiger partial charge >= 0.3 is 0 Å². The van der Waals surface area contributed by atoms with Crippen LogP contribution in [0.25, 0.3) is 0 Å². The molecule has 0 saturated heterocycles. The molecule has 0 aliphatic heterocycles. The summed E-state index contributed by atoms with van der Waals surface area (Å²) in [5.74, 6) is 0.618. The number of alkyl halides is 1. The highest BCUT2D eigenvalue weighted by atomic mass is 127. The summed E-state index contributed by atoms with van der Waals surface area (Å²) >= 11 is 8.55. The molecular weight excluding hydrogens is 347 g/mol. The van der Waals surface area contributed by atoms with Crippen molar-refractivity contribution in [2.45, 2.75) is 32.8 Å². The molecule has 17 heavy (non-hydrogen) atoms. The summed E-state index contributed by atoms with van der Waals surface area (Å²) < 4.78 is 6.91. The average Bonchev–Trinajstić information content (AvgIpc) is 2.32. The zero-order valence-electron chi connectivity index (χ0n) is 10.5. The maximum Gasteiger partial charge on any atom is 0.0928 e. The number of rotatable bonds is 7. The molecule has 2 atom stereocenters. The normalized spacial score (nSPS) is 14.6. The highest BCUT2D eigenvalue weighted by molar-refractivity contribution is 14.1. The van der Waals surface area contributed by atoms with Crippen LogP contribution in [0, 0.1) is 5.92 Å². The van der Waals surface area contributed by atoms with E-state index in [9.17, 15) is 0 Å². The SMILES string of the molecule is CCCC(C)COC(CI)c1ccccc1Cl. The second-order valence-electron chi connectivity index (χ2n) is 4.39. The Kier molecular flexibility index (Phi) is 7.47. The summed E-state index contributed by atoms with van der Waals surface area (Å²) in [6.07, 6.45) is 2.55. The van der Waals surface area contributed by atoms with Gasteiger partial charge in [-0.25, -0.2) is 0 Å². The number of hydrogen-bond donors (Lipinski definition) is 0. The third kappa shape index (κ3) is 5.14. The Labute approximate surface area is 123 Å². The first-order chi connectivity index (χ1) is 8.19. The number of ether oxygens (including phenoxy) is 1. The van der Waals surface area contributed by atoms with Crippen LogP contribution in [0.5, 0.6) is 0 Å². The summed E-state index contributed by atoms with van der Waals surface area (Å²) in [4.78, 5) is 0. The van der Waals surface area contributed by atoms with E-state index in [0.717, 1.165) is 21.6 Å². The summed E-state index contributed by atoms with van der Waals surface area (Å²) in [6, 6.07) is 7.94. The Balaban J connectivity index is 2.57. The first-order valence-electron chi connectivity index (χ1n) is 6.11. The zero-order chi connectivity index (χ0) is 12.7. The van der Waals surface area contributed by atoms with E-state index < -0.39 is 0 Å². The van der Waals surface area contributed by atoms with E-state index in [1.54, 1.807) is 0 Å². The van der Waals surface area contributed by atoms with Crippen molar-refractivity contribution in [1.29, 1.82) is 0 Å². The molecule has 0 spiro atoms. The van der Waals surface area contributed by atoms with Gasteiger partial charge in [-0.3, -0.25) is 0 Å². The standard InChI is InChI=1S/C14H20ClIO/c1-3-6-11(2)10-17-14(9-16)12-7-4-5-8-13(12)15/h4-5,7-8,11,14H,3,6,9-10H2,1-2H3. The van der Waals surface area contributed by atoms with Gasteiger partial charge in [-0.1, -0.05) is 72.7 Å². The van der Waals surface area contributed by atoms with Crippen LogP contribution in [0.4, 0.5) is 0 Å². The molecule has 0 amide bonds. The molecule has 0 aromatic heterocycles. The second-order valence-corrected chi connectivity index (χ2v) is 5.68. The first kappa shape index (κ1) is 15.3. The average molecular weight is 367 g/mol. The van der Waals surface area contributed by atoms with E-state index in [4.69, 9.17) is 16.3 Å². The van der Waals surface area contributed by atoms with E-state index in [2.05, 4.69) is 42.5 Å². The predicted molar refractivity (Wildman–Crippen MR) is 83.1 cm³/mol. The van der Waals surface area contributed by atoms with Crippen LogP contribution in [0.3, 0.4) is 0 Å². The Morgan fingerprint density at radius 3 is 2.65 bits per heavy atom. The van der Waals surface area contributed by atoms with Crippen LogP contribution in [0.1, 0.15) is 38.4 Å². The number of hydrogen-bond acceptors (Lipinski definition) is 1. The van der Waals surface area contributed by atoms with Gasteiger partial charge in [0.15, 0.2) is 0 Å². The Morgan fingerprint density at radius 2 is 2.06 bits per heavy atom. The van der Waals surface area contributed by atoms with Gasteiger partial charge in [0.1, 0.15) is 0 Å². The largest absolute Gasteiger partial charge is 0.372 e. The molecule has 96 valence electrons. The van der Waals surface area contributed by atoms with Gasteiger partial charge in [-0.2, -0.15) is 0 Å². The van der Waals surface area contributed by atoms with E-state index >= 15 is 0 Å². The quantitative estimate of drug-likeness (QED) is 0.472. The molecule has 1 aromatic rings. The Morgan fingerprint density at radius 1 is 1.35 bits per heavy atom. The van der Waals surface area contributed by atoms with Gasteiger partial charge in [0.25, 0.3) is 0 Å². The Bertz CT molecular complexity index is 330. The summed E-state index contributed by atoms with van der Waals surface area (Å²) in [5, 5.41) is 0.803. The molecule has 0 aliphatic carbocycles.